The van der Waals surface area contributed by atoms with Gasteiger partial charge in [0.15, 0.2) is 5.96 Å². The van der Waals surface area contributed by atoms with Crippen molar-refractivity contribution in [3.8, 4) is 0 Å². The van der Waals surface area contributed by atoms with Gasteiger partial charge >= 0.3 is 0 Å². The van der Waals surface area contributed by atoms with Crippen molar-refractivity contribution in [2.45, 2.75) is 26.5 Å². The van der Waals surface area contributed by atoms with E-state index < -0.39 is 0 Å². The first-order valence-electron chi connectivity index (χ1n) is 8.95. The normalized spacial score (nSPS) is 19.5. The summed E-state index contributed by atoms with van der Waals surface area (Å²) in [7, 11) is 5.84. The zero-order chi connectivity index (χ0) is 18.4. The maximum Gasteiger partial charge on any atom is 0.193 e. The molecule has 142 valence electrons. The highest BCUT2D eigenvalue weighted by atomic mass is 35.5. The largest absolute Gasteiger partial charge is 0.374 e. The smallest absolute Gasteiger partial charge is 0.193 e. The summed E-state index contributed by atoms with van der Waals surface area (Å²) in [5.74, 6) is 1.55. The van der Waals surface area contributed by atoms with E-state index in [2.05, 4.69) is 34.0 Å². The molecule has 1 aromatic heterocycles. The summed E-state index contributed by atoms with van der Waals surface area (Å²) in [6.45, 7) is 9.95. The summed E-state index contributed by atoms with van der Waals surface area (Å²) in [4.78, 5) is 8.98. The molecule has 25 heavy (non-hydrogen) atoms. The number of aryl methyl sites for hydroxylation is 1. The Hall–Kier alpha value is -1.24. The molecule has 2 rings (SSSR count). The number of halogens is 1. The lowest BCUT2D eigenvalue weighted by atomic mass is 10.2. The Kier molecular flexibility index (Phi) is 7.59. The Labute approximate surface area is 156 Å². The summed E-state index contributed by atoms with van der Waals surface area (Å²) in [6, 6.07) is 1.99. The van der Waals surface area contributed by atoms with Crippen LogP contribution in [-0.2, 0) is 18.3 Å². The van der Waals surface area contributed by atoms with Crippen molar-refractivity contribution in [3.63, 3.8) is 0 Å². The van der Waals surface area contributed by atoms with E-state index in [1.54, 1.807) is 0 Å². The van der Waals surface area contributed by atoms with Gasteiger partial charge < -0.3 is 19.5 Å². The third-order valence-electron chi connectivity index (χ3n) is 4.38. The molecule has 0 amide bonds. The molecule has 2 heterocycles. The van der Waals surface area contributed by atoms with E-state index in [1.807, 2.05) is 38.0 Å². The van der Waals surface area contributed by atoms with Crippen molar-refractivity contribution in [2.24, 2.45) is 18.0 Å². The standard InChI is InChI=1S/C18H32ClN5O/c1-14(2)10-24-6-7-25-17(13-24)9-21-18(20-3)23(5)12-16-8-15(19)11-22(16)4/h8,11,14,17H,6-7,9-10,12-13H2,1-5H3,(H,20,21). The average Bonchev–Trinajstić information content (AvgIpc) is 2.85. The van der Waals surface area contributed by atoms with Gasteiger partial charge in [0.25, 0.3) is 0 Å². The molecule has 1 saturated heterocycles. The number of aromatic nitrogens is 1. The van der Waals surface area contributed by atoms with E-state index in [1.165, 1.54) is 0 Å². The van der Waals surface area contributed by atoms with E-state index in [-0.39, 0.29) is 6.10 Å². The maximum atomic E-state index is 6.07. The molecule has 1 fully saturated rings. The van der Waals surface area contributed by atoms with Gasteiger partial charge in [-0.1, -0.05) is 25.4 Å². The Balaban J connectivity index is 1.84. The van der Waals surface area contributed by atoms with Crippen LogP contribution in [0.25, 0.3) is 0 Å². The first kappa shape index (κ1) is 20.1. The van der Waals surface area contributed by atoms with Gasteiger partial charge in [0.1, 0.15) is 0 Å². The third kappa shape index (κ3) is 6.20. The summed E-state index contributed by atoms with van der Waals surface area (Å²) < 4.78 is 7.95. The zero-order valence-electron chi connectivity index (χ0n) is 16.1. The number of aliphatic imine (C=N–C) groups is 1. The van der Waals surface area contributed by atoms with Crippen LogP contribution in [0.2, 0.25) is 5.02 Å². The van der Waals surface area contributed by atoms with Crippen LogP contribution in [0.5, 0.6) is 0 Å². The summed E-state index contributed by atoms with van der Waals surface area (Å²) in [5.41, 5.74) is 1.15. The molecule has 1 N–H and O–H groups in total. The fraction of sp³-hybridized carbons (Fsp3) is 0.722. The monoisotopic (exact) mass is 369 g/mol. The lowest BCUT2D eigenvalue weighted by Gasteiger charge is -2.34. The summed E-state index contributed by atoms with van der Waals surface area (Å²) in [6.07, 6.45) is 2.11. The predicted molar refractivity (Wildman–Crippen MR) is 104 cm³/mol. The second kappa shape index (κ2) is 9.46. The molecule has 1 aromatic rings. The molecule has 6 nitrogen and oxygen atoms in total. The quantitative estimate of drug-likeness (QED) is 0.615. The number of nitrogens with one attached hydrogen (secondary N) is 1. The lowest BCUT2D eigenvalue weighted by molar-refractivity contribution is -0.0286. The number of rotatable bonds is 6. The number of nitrogens with zero attached hydrogens (tertiary/aromatic N) is 4. The first-order valence-corrected chi connectivity index (χ1v) is 9.33. The van der Waals surface area contributed by atoms with Gasteiger partial charge in [-0.05, 0) is 12.0 Å². The predicted octanol–water partition coefficient (Wildman–Crippen LogP) is 2.04. The molecular weight excluding hydrogens is 338 g/mol. The minimum Gasteiger partial charge on any atom is -0.374 e. The minimum atomic E-state index is 0.196. The molecule has 0 spiro atoms. The highest BCUT2D eigenvalue weighted by molar-refractivity contribution is 6.30. The molecule has 0 aliphatic carbocycles. The van der Waals surface area contributed by atoms with Crippen molar-refractivity contribution in [1.29, 1.82) is 0 Å². The number of hydrogen-bond donors (Lipinski definition) is 1. The fourth-order valence-electron chi connectivity index (χ4n) is 3.22. The summed E-state index contributed by atoms with van der Waals surface area (Å²) in [5, 5.41) is 4.20. The van der Waals surface area contributed by atoms with E-state index in [9.17, 15) is 0 Å². The number of guanidine groups is 1. The van der Waals surface area contributed by atoms with Crippen molar-refractivity contribution >= 4 is 17.6 Å². The van der Waals surface area contributed by atoms with Crippen LogP contribution in [0.1, 0.15) is 19.5 Å². The van der Waals surface area contributed by atoms with Gasteiger partial charge in [0.05, 0.1) is 24.3 Å². The van der Waals surface area contributed by atoms with Crippen LogP contribution >= 0.6 is 11.6 Å². The number of hydrogen-bond acceptors (Lipinski definition) is 3. The van der Waals surface area contributed by atoms with Crippen LogP contribution < -0.4 is 5.32 Å². The average molecular weight is 370 g/mol. The Morgan fingerprint density at radius 3 is 2.88 bits per heavy atom. The van der Waals surface area contributed by atoms with E-state index >= 15 is 0 Å². The summed E-state index contributed by atoms with van der Waals surface area (Å²) >= 11 is 6.07. The van der Waals surface area contributed by atoms with Crippen molar-refractivity contribution in [3.05, 3.63) is 23.0 Å². The maximum absolute atomic E-state index is 6.07. The second-order valence-corrected chi connectivity index (χ2v) is 7.63. The highest BCUT2D eigenvalue weighted by Gasteiger charge is 2.21. The third-order valence-corrected chi connectivity index (χ3v) is 4.59. The van der Waals surface area contributed by atoms with E-state index in [0.29, 0.717) is 5.92 Å². The number of ether oxygens (including phenoxy) is 1. The Morgan fingerprint density at radius 2 is 2.28 bits per heavy atom. The van der Waals surface area contributed by atoms with Crippen molar-refractivity contribution in [2.75, 3.05) is 46.9 Å². The van der Waals surface area contributed by atoms with Crippen molar-refractivity contribution in [1.82, 2.24) is 19.7 Å². The molecule has 0 radical (unpaired) electrons. The molecule has 0 aromatic carbocycles. The fourth-order valence-corrected chi connectivity index (χ4v) is 3.49. The van der Waals surface area contributed by atoms with Gasteiger partial charge in [-0.3, -0.25) is 9.89 Å². The molecule has 1 aliphatic heterocycles. The van der Waals surface area contributed by atoms with Gasteiger partial charge in [-0.25, -0.2) is 0 Å². The topological polar surface area (TPSA) is 45.0 Å². The van der Waals surface area contributed by atoms with Gasteiger partial charge in [-0.15, -0.1) is 0 Å². The van der Waals surface area contributed by atoms with Crippen LogP contribution in [0.3, 0.4) is 0 Å². The van der Waals surface area contributed by atoms with Gasteiger partial charge in [0.2, 0.25) is 0 Å². The van der Waals surface area contributed by atoms with Crippen LogP contribution in [0.15, 0.2) is 17.3 Å². The highest BCUT2D eigenvalue weighted by Crippen LogP contribution is 2.14. The molecule has 0 saturated carbocycles. The molecule has 0 bridgehead atoms. The first-order chi connectivity index (χ1) is 11.9. The number of morpholine rings is 1. The molecule has 7 heteroatoms. The second-order valence-electron chi connectivity index (χ2n) is 7.19. The molecular formula is C18H32ClN5O. The molecule has 1 atom stereocenters. The Bertz CT molecular complexity index is 572. The lowest BCUT2D eigenvalue weighted by Crippen LogP contribution is -2.50. The van der Waals surface area contributed by atoms with Crippen LogP contribution in [0, 0.1) is 5.92 Å². The van der Waals surface area contributed by atoms with Crippen LogP contribution in [0.4, 0.5) is 0 Å². The minimum absolute atomic E-state index is 0.196. The van der Waals surface area contributed by atoms with Crippen LogP contribution in [-0.4, -0.2) is 73.3 Å². The van der Waals surface area contributed by atoms with E-state index in [0.717, 1.165) is 56.0 Å². The molecule has 1 unspecified atom stereocenters. The van der Waals surface area contributed by atoms with E-state index in [4.69, 9.17) is 16.3 Å². The van der Waals surface area contributed by atoms with Gasteiger partial charge in [0, 0.05) is 59.2 Å². The zero-order valence-corrected chi connectivity index (χ0v) is 16.9. The Morgan fingerprint density at radius 1 is 1.52 bits per heavy atom. The SMILES string of the molecule is CN=C(NCC1CN(CC(C)C)CCO1)N(C)Cc1cc(Cl)cn1C. The van der Waals surface area contributed by atoms with Crippen molar-refractivity contribution < 1.29 is 4.74 Å². The molecule has 1 aliphatic rings. The van der Waals surface area contributed by atoms with Gasteiger partial charge in [-0.2, -0.15) is 0 Å².